The van der Waals surface area contributed by atoms with Crippen LogP contribution in [0, 0.1) is 5.82 Å². The zero-order chi connectivity index (χ0) is 13.8. The maximum absolute atomic E-state index is 13.8. The van der Waals surface area contributed by atoms with Gasteiger partial charge in [-0.05, 0) is 23.6 Å². The monoisotopic (exact) mass is 261 g/mol. The van der Waals surface area contributed by atoms with Crippen molar-refractivity contribution >= 4 is 0 Å². The van der Waals surface area contributed by atoms with Gasteiger partial charge in [-0.15, -0.1) is 0 Å². The number of nitrogens with zero attached hydrogens (tertiary/aromatic N) is 2. The van der Waals surface area contributed by atoms with E-state index in [0.717, 1.165) is 11.3 Å². The normalized spacial score (nSPS) is 10.8. The second kappa shape index (κ2) is 5.75. The van der Waals surface area contributed by atoms with Crippen LogP contribution in [0.1, 0.15) is 31.0 Å². The number of aromatic nitrogens is 2. The van der Waals surface area contributed by atoms with Crippen molar-refractivity contribution < 1.29 is 9.13 Å². The van der Waals surface area contributed by atoms with Gasteiger partial charge in [0.2, 0.25) is 5.88 Å². The van der Waals surface area contributed by atoms with Gasteiger partial charge in [0.15, 0.2) is 11.6 Å². The minimum absolute atomic E-state index is 0.130. The van der Waals surface area contributed by atoms with E-state index >= 15 is 0 Å². The molecular weight excluding hydrogens is 245 g/mol. The highest BCUT2D eigenvalue weighted by Gasteiger charge is 2.08. The lowest BCUT2D eigenvalue weighted by atomic mass is 10.1. The lowest BCUT2D eigenvalue weighted by Crippen LogP contribution is -1.99. The molecule has 4 nitrogen and oxygen atoms in total. The summed E-state index contributed by atoms with van der Waals surface area (Å²) in [5.74, 6) is 0.270. The van der Waals surface area contributed by atoms with E-state index in [9.17, 15) is 4.39 Å². The number of hydrogen-bond donors (Lipinski definition) is 1. The number of rotatable bonds is 4. The molecule has 0 bridgehead atoms. The summed E-state index contributed by atoms with van der Waals surface area (Å²) in [6.07, 6.45) is 1.41. The van der Waals surface area contributed by atoms with E-state index < -0.39 is 5.82 Å². The Labute approximate surface area is 111 Å². The van der Waals surface area contributed by atoms with Crippen molar-refractivity contribution in [3.8, 4) is 11.6 Å². The third-order valence-corrected chi connectivity index (χ3v) is 2.70. The van der Waals surface area contributed by atoms with E-state index in [1.54, 1.807) is 18.2 Å². The van der Waals surface area contributed by atoms with Crippen LogP contribution in [0.2, 0.25) is 0 Å². The molecule has 0 spiro atoms. The zero-order valence-corrected chi connectivity index (χ0v) is 10.9. The molecule has 0 saturated heterocycles. The van der Waals surface area contributed by atoms with E-state index in [4.69, 9.17) is 10.5 Å². The molecule has 0 fully saturated rings. The lowest BCUT2D eigenvalue weighted by Gasteiger charge is -2.09. The Hall–Kier alpha value is -2.01. The zero-order valence-electron chi connectivity index (χ0n) is 10.9. The fraction of sp³-hybridized carbons (Fsp3) is 0.286. The van der Waals surface area contributed by atoms with Crippen LogP contribution in [0.15, 0.2) is 30.6 Å². The molecule has 0 saturated carbocycles. The van der Waals surface area contributed by atoms with Gasteiger partial charge in [-0.1, -0.05) is 19.9 Å². The third kappa shape index (κ3) is 3.26. The molecule has 0 unspecified atom stereocenters. The van der Waals surface area contributed by atoms with Gasteiger partial charge in [-0.25, -0.2) is 14.4 Å². The predicted octanol–water partition coefficient (Wildman–Crippen LogP) is 2.99. The molecule has 0 aliphatic carbocycles. The molecule has 19 heavy (non-hydrogen) atoms. The molecule has 0 aliphatic heterocycles. The summed E-state index contributed by atoms with van der Waals surface area (Å²) in [7, 11) is 0. The Balaban J connectivity index is 2.23. The first-order chi connectivity index (χ1) is 9.10. The SMILES string of the molecule is CC(C)c1cc(Oc2ccc(CN)cc2F)ncn1. The molecule has 2 N–H and O–H groups in total. The van der Waals surface area contributed by atoms with Crippen molar-refractivity contribution in [3.63, 3.8) is 0 Å². The van der Waals surface area contributed by atoms with Gasteiger partial charge in [-0.2, -0.15) is 0 Å². The van der Waals surface area contributed by atoms with Gasteiger partial charge in [0.25, 0.3) is 0 Å². The van der Waals surface area contributed by atoms with Crippen LogP contribution in [0.25, 0.3) is 0 Å². The summed E-state index contributed by atoms with van der Waals surface area (Å²) in [6.45, 7) is 4.33. The number of nitrogens with two attached hydrogens (primary N) is 1. The largest absolute Gasteiger partial charge is 0.436 e. The van der Waals surface area contributed by atoms with E-state index in [1.165, 1.54) is 12.4 Å². The Morgan fingerprint density at radius 2 is 2.05 bits per heavy atom. The summed E-state index contributed by atoms with van der Waals surface area (Å²) in [6, 6.07) is 6.35. The molecule has 0 radical (unpaired) electrons. The molecule has 2 rings (SSSR count). The van der Waals surface area contributed by atoms with Crippen molar-refractivity contribution in [2.45, 2.75) is 26.3 Å². The van der Waals surface area contributed by atoms with Crippen molar-refractivity contribution in [3.05, 3.63) is 47.7 Å². The quantitative estimate of drug-likeness (QED) is 0.919. The highest BCUT2D eigenvalue weighted by atomic mass is 19.1. The second-order valence-corrected chi connectivity index (χ2v) is 4.51. The standard InChI is InChI=1S/C14H16FN3O/c1-9(2)12-6-14(18-8-17-12)19-13-4-3-10(7-16)5-11(13)15/h3-6,8-9H,7,16H2,1-2H3. The van der Waals surface area contributed by atoms with Crippen LogP contribution in [-0.2, 0) is 6.54 Å². The maximum atomic E-state index is 13.8. The minimum Gasteiger partial charge on any atom is -0.436 e. The van der Waals surface area contributed by atoms with Gasteiger partial charge in [0.05, 0.1) is 5.69 Å². The molecule has 0 aliphatic rings. The van der Waals surface area contributed by atoms with Gasteiger partial charge >= 0.3 is 0 Å². The fourth-order valence-electron chi connectivity index (χ4n) is 1.59. The molecule has 0 atom stereocenters. The highest BCUT2D eigenvalue weighted by Crippen LogP contribution is 2.25. The lowest BCUT2D eigenvalue weighted by molar-refractivity contribution is 0.424. The average Bonchev–Trinajstić information content (AvgIpc) is 2.41. The molecule has 2 aromatic rings. The highest BCUT2D eigenvalue weighted by molar-refractivity contribution is 5.32. The number of halogens is 1. The van der Waals surface area contributed by atoms with E-state index in [1.807, 2.05) is 13.8 Å². The predicted molar refractivity (Wildman–Crippen MR) is 70.5 cm³/mol. The summed E-state index contributed by atoms with van der Waals surface area (Å²) >= 11 is 0. The first kappa shape index (κ1) is 13.4. The van der Waals surface area contributed by atoms with Crippen molar-refractivity contribution in [2.24, 2.45) is 5.73 Å². The summed E-state index contributed by atoms with van der Waals surface area (Å²) < 4.78 is 19.2. The van der Waals surface area contributed by atoms with Gasteiger partial charge in [0.1, 0.15) is 6.33 Å². The summed E-state index contributed by atoms with van der Waals surface area (Å²) in [5, 5.41) is 0. The van der Waals surface area contributed by atoms with Crippen LogP contribution in [0.3, 0.4) is 0 Å². The molecule has 1 heterocycles. The number of ether oxygens (including phenoxy) is 1. The molecule has 100 valence electrons. The molecule has 0 amide bonds. The Morgan fingerprint density at radius 1 is 1.26 bits per heavy atom. The van der Waals surface area contributed by atoms with Crippen LogP contribution < -0.4 is 10.5 Å². The van der Waals surface area contributed by atoms with E-state index in [-0.39, 0.29) is 11.7 Å². The van der Waals surface area contributed by atoms with Gasteiger partial charge < -0.3 is 10.5 Å². The molecule has 5 heteroatoms. The number of hydrogen-bond acceptors (Lipinski definition) is 4. The topological polar surface area (TPSA) is 61.0 Å². The summed E-state index contributed by atoms with van der Waals surface area (Å²) in [4.78, 5) is 8.11. The average molecular weight is 261 g/mol. The molecule has 1 aromatic heterocycles. The van der Waals surface area contributed by atoms with Gasteiger partial charge in [0, 0.05) is 12.6 Å². The maximum Gasteiger partial charge on any atom is 0.222 e. The number of benzene rings is 1. The van der Waals surface area contributed by atoms with Crippen molar-refractivity contribution in [1.29, 1.82) is 0 Å². The molecular formula is C14H16FN3O. The van der Waals surface area contributed by atoms with Crippen LogP contribution in [0.5, 0.6) is 11.6 Å². The fourth-order valence-corrected chi connectivity index (χ4v) is 1.59. The second-order valence-electron chi connectivity index (χ2n) is 4.51. The van der Waals surface area contributed by atoms with Gasteiger partial charge in [-0.3, -0.25) is 0 Å². The van der Waals surface area contributed by atoms with E-state index in [0.29, 0.717) is 12.4 Å². The molecule has 1 aromatic carbocycles. The first-order valence-electron chi connectivity index (χ1n) is 6.08. The van der Waals surface area contributed by atoms with E-state index in [2.05, 4.69) is 9.97 Å². The Morgan fingerprint density at radius 3 is 2.68 bits per heavy atom. The smallest absolute Gasteiger partial charge is 0.222 e. The van der Waals surface area contributed by atoms with Crippen molar-refractivity contribution in [2.75, 3.05) is 0 Å². The Kier molecular flexibility index (Phi) is 4.06. The minimum atomic E-state index is -0.451. The summed E-state index contributed by atoms with van der Waals surface area (Å²) in [5.41, 5.74) is 7.02. The van der Waals surface area contributed by atoms with Crippen molar-refractivity contribution in [1.82, 2.24) is 9.97 Å². The third-order valence-electron chi connectivity index (χ3n) is 2.70. The first-order valence-corrected chi connectivity index (χ1v) is 6.08. The Bertz CT molecular complexity index is 572. The van der Waals surface area contributed by atoms with Crippen LogP contribution >= 0.6 is 0 Å². The van der Waals surface area contributed by atoms with Crippen LogP contribution in [0.4, 0.5) is 4.39 Å². The van der Waals surface area contributed by atoms with Crippen LogP contribution in [-0.4, -0.2) is 9.97 Å².